The quantitative estimate of drug-likeness (QED) is 0.373. The molecule has 0 unspecified atom stereocenters. The number of nitrogens with one attached hydrogen (secondary N) is 2. The Bertz CT molecular complexity index is 879. The zero-order valence-electron chi connectivity index (χ0n) is 17.8. The molecule has 1 saturated heterocycles. The van der Waals surface area contributed by atoms with Gasteiger partial charge in [-0.3, -0.25) is 10.2 Å². The molecule has 164 valence electrons. The number of nitrogens with zero attached hydrogens (tertiary/aromatic N) is 1. The fourth-order valence-electron chi connectivity index (χ4n) is 4.73. The molecule has 6 heteroatoms. The topological polar surface area (TPSA) is 85.7 Å². The normalized spacial score (nSPS) is 19.9. The SMILES string of the molecule is N=C(NCc1ccccc1)N1CC[C@@H](OC(=O)[C@@H](c2ccc(O)cc2)C2CCCC2)C1. The minimum absolute atomic E-state index is 0.173. The van der Waals surface area contributed by atoms with Crippen molar-refractivity contribution < 1.29 is 14.6 Å². The molecule has 0 spiro atoms. The van der Waals surface area contributed by atoms with Crippen molar-refractivity contribution in [2.24, 2.45) is 5.92 Å². The number of hydrogen-bond acceptors (Lipinski definition) is 4. The van der Waals surface area contributed by atoms with Gasteiger partial charge in [0.25, 0.3) is 0 Å². The van der Waals surface area contributed by atoms with E-state index in [1.807, 2.05) is 47.4 Å². The van der Waals surface area contributed by atoms with Gasteiger partial charge >= 0.3 is 5.97 Å². The van der Waals surface area contributed by atoms with E-state index in [0.29, 0.717) is 31.5 Å². The Morgan fingerprint density at radius 3 is 2.52 bits per heavy atom. The number of carbonyl (C=O) groups is 1. The largest absolute Gasteiger partial charge is 0.508 e. The highest BCUT2D eigenvalue weighted by Gasteiger charge is 2.36. The van der Waals surface area contributed by atoms with Crippen LogP contribution in [0.2, 0.25) is 0 Å². The van der Waals surface area contributed by atoms with E-state index in [1.165, 1.54) is 0 Å². The van der Waals surface area contributed by atoms with Gasteiger partial charge in [0.15, 0.2) is 5.96 Å². The first-order valence-electron chi connectivity index (χ1n) is 11.2. The first kappa shape index (κ1) is 21.2. The third-order valence-corrected chi connectivity index (χ3v) is 6.42. The summed E-state index contributed by atoms with van der Waals surface area (Å²) in [7, 11) is 0. The number of rotatable bonds is 6. The molecule has 2 aromatic carbocycles. The van der Waals surface area contributed by atoms with Crippen LogP contribution >= 0.6 is 0 Å². The van der Waals surface area contributed by atoms with Gasteiger partial charge in [0, 0.05) is 19.5 Å². The number of likely N-dealkylation sites (tertiary alicyclic amines) is 1. The van der Waals surface area contributed by atoms with Crippen molar-refractivity contribution in [3.05, 3.63) is 65.7 Å². The summed E-state index contributed by atoms with van der Waals surface area (Å²) in [5.74, 6) is 0.407. The Kier molecular flexibility index (Phi) is 6.75. The van der Waals surface area contributed by atoms with Gasteiger partial charge in [-0.05, 0) is 42.0 Å². The van der Waals surface area contributed by atoms with Crippen molar-refractivity contribution in [2.45, 2.75) is 50.7 Å². The number of guanidine groups is 1. The fraction of sp³-hybridized carbons (Fsp3) is 0.440. The molecule has 0 amide bonds. The van der Waals surface area contributed by atoms with E-state index in [2.05, 4.69) is 5.32 Å². The highest BCUT2D eigenvalue weighted by atomic mass is 16.5. The third-order valence-electron chi connectivity index (χ3n) is 6.42. The molecular formula is C25H31N3O3. The molecule has 4 rings (SSSR count). The number of carbonyl (C=O) groups excluding carboxylic acids is 1. The maximum Gasteiger partial charge on any atom is 0.314 e. The number of phenolic OH excluding ortho intramolecular Hbond substituents is 1. The van der Waals surface area contributed by atoms with Gasteiger partial charge in [-0.2, -0.15) is 0 Å². The lowest BCUT2D eigenvalue weighted by Gasteiger charge is -2.25. The van der Waals surface area contributed by atoms with E-state index in [4.69, 9.17) is 10.1 Å². The van der Waals surface area contributed by atoms with Crippen molar-refractivity contribution in [1.29, 1.82) is 5.41 Å². The summed E-state index contributed by atoms with van der Waals surface area (Å²) in [5, 5.41) is 21.1. The standard InChI is InChI=1S/C25H31N3O3/c26-25(27-16-18-6-2-1-3-7-18)28-15-14-22(17-28)31-24(30)23(19-8-4-5-9-19)20-10-12-21(29)13-11-20/h1-3,6-7,10-13,19,22-23,29H,4-5,8-9,14-17H2,(H2,26,27)/t22-,23-/m1/s1. The van der Waals surface area contributed by atoms with Crippen LogP contribution in [0.1, 0.15) is 49.1 Å². The van der Waals surface area contributed by atoms with Gasteiger partial charge in [-0.1, -0.05) is 55.3 Å². The summed E-state index contributed by atoms with van der Waals surface area (Å²) >= 11 is 0. The van der Waals surface area contributed by atoms with Crippen LogP contribution in [0.25, 0.3) is 0 Å². The predicted octanol–water partition coefficient (Wildman–Crippen LogP) is 4.01. The lowest BCUT2D eigenvalue weighted by molar-refractivity contribution is -0.151. The number of hydrogen-bond donors (Lipinski definition) is 3. The summed E-state index contributed by atoms with van der Waals surface area (Å²) in [4.78, 5) is 15.1. The zero-order valence-corrected chi connectivity index (χ0v) is 17.8. The summed E-state index contributed by atoms with van der Waals surface area (Å²) in [5.41, 5.74) is 2.05. The van der Waals surface area contributed by atoms with E-state index in [9.17, 15) is 9.90 Å². The third kappa shape index (κ3) is 5.37. The summed E-state index contributed by atoms with van der Waals surface area (Å²) in [6.45, 7) is 1.84. The van der Waals surface area contributed by atoms with Crippen LogP contribution in [0.4, 0.5) is 0 Å². The minimum atomic E-state index is -0.284. The predicted molar refractivity (Wildman–Crippen MR) is 120 cm³/mol. The number of phenols is 1. The number of esters is 1. The van der Waals surface area contributed by atoms with E-state index in [0.717, 1.165) is 43.2 Å². The Hall–Kier alpha value is -3.02. The lowest BCUT2D eigenvalue weighted by atomic mass is 9.85. The van der Waals surface area contributed by atoms with Crippen LogP contribution in [0.3, 0.4) is 0 Å². The van der Waals surface area contributed by atoms with Crippen molar-refractivity contribution in [3.8, 4) is 5.75 Å². The zero-order chi connectivity index (χ0) is 21.6. The van der Waals surface area contributed by atoms with Crippen LogP contribution in [-0.2, 0) is 16.1 Å². The molecule has 0 radical (unpaired) electrons. The Morgan fingerprint density at radius 1 is 1.10 bits per heavy atom. The van der Waals surface area contributed by atoms with E-state index >= 15 is 0 Å². The smallest absolute Gasteiger partial charge is 0.314 e. The average Bonchev–Trinajstić information content (AvgIpc) is 3.47. The molecule has 1 heterocycles. The Labute approximate surface area is 183 Å². The molecule has 1 saturated carbocycles. The molecule has 0 bridgehead atoms. The molecule has 31 heavy (non-hydrogen) atoms. The van der Waals surface area contributed by atoms with Gasteiger partial charge in [-0.25, -0.2) is 0 Å². The van der Waals surface area contributed by atoms with Gasteiger partial charge < -0.3 is 20.1 Å². The summed E-state index contributed by atoms with van der Waals surface area (Å²) in [6, 6.07) is 17.0. The molecule has 6 nitrogen and oxygen atoms in total. The van der Waals surface area contributed by atoms with Crippen LogP contribution in [0.15, 0.2) is 54.6 Å². The molecule has 0 aromatic heterocycles. The van der Waals surface area contributed by atoms with Crippen LogP contribution < -0.4 is 5.32 Å². The second-order valence-electron chi connectivity index (χ2n) is 8.60. The van der Waals surface area contributed by atoms with Crippen molar-refractivity contribution in [2.75, 3.05) is 13.1 Å². The Balaban J connectivity index is 1.33. The first-order chi connectivity index (χ1) is 15.1. The van der Waals surface area contributed by atoms with Crippen LogP contribution in [0.5, 0.6) is 5.75 Å². The monoisotopic (exact) mass is 421 g/mol. The second kappa shape index (κ2) is 9.86. The molecule has 1 aliphatic carbocycles. The number of benzene rings is 2. The number of ether oxygens (including phenoxy) is 1. The number of aromatic hydroxyl groups is 1. The van der Waals surface area contributed by atoms with Gasteiger partial charge in [-0.15, -0.1) is 0 Å². The molecule has 1 aliphatic heterocycles. The first-order valence-corrected chi connectivity index (χ1v) is 11.2. The molecular weight excluding hydrogens is 390 g/mol. The van der Waals surface area contributed by atoms with E-state index in [1.54, 1.807) is 12.1 Å². The average molecular weight is 422 g/mol. The molecule has 2 aromatic rings. The van der Waals surface area contributed by atoms with E-state index in [-0.39, 0.29) is 23.7 Å². The lowest BCUT2D eigenvalue weighted by Crippen LogP contribution is -2.39. The van der Waals surface area contributed by atoms with Crippen molar-refractivity contribution in [1.82, 2.24) is 10.2 Å². The molecule has 2 atom stereocenters. The highest BCUT2D eigenvalue weighted by molar-refractivity contribution is 5.79. The highest BCUT2D eigenvalue weighted by Crippen LogP contribution is 2.39. The van der Waals surface area contributed by atoms with Crippen molar-refractivity contribution in [3.63, 3.8) is 0 Å². The molecule has 2 aliphatic rings. The molecule has 3 N–H and O–H groups in total. The summed E-state index contributed by atoms with van der Waals surface area (Å²) < 4.78 is 5.95. The maximum absolute atomic E-state index is 13.2. The molecule has 2 fully saturated rings. The van der Waals surface area contributed by atoms with Gasteiger partial charge in [0.1, 0.15) is 11.9 Å². The van der Waals surface area contributed by atoms with Gasteiger partial charge in [0.2, 0.25) is 0 Å². The fourth-order valence-corrected chi connectivity index (χ4v) is 4.73. The van der Waals surface area contributed by atoms with Crippen molar-refractivity contribution >= 4 is 11.9 Å². The maximum atomic E-state index is 13.2. The summed E-state index contributed by atoms with van der Waals surface area (Å²) in [6.07, 6.45) is 4.89. The van der Waals surface area contributed by atoms with Crippen LogP contribution in [-0.4, -0.2) is 41.1 Å². The second-order valence-corrected chi connectivity index (χ2v) is 8.60. The minimum Gasteiger partial charge on any atom is -0.508 e. The Morgan fingerprint density at radius 2 is 1.81 bits per heavy atom. The van der Waals surface area contributed by atoms with E-state index < -0.39 is 0 Å². The van der Waals surface area contributed by atoms with Crippen LogP contribution in [0, 0.1) is 11.3 Å². The van der Waals surface area contributed by atoms with Gasteiger partial charge in [0.05, 0.1) is 12.5 Å².